The van der Waals surface area contributed by atoms with Gasteiger partial charge in [-0.05, 0) is 37.7 Å². The molecule has 0 spiro atoms. The second-order valence-electron chi connectivity index (χ2n) is 6.57. The quantitative estimate of drug-likeness (QED) is 0.897. The van der Waals surface area contributed by atoms with Crippen molar-refractivity contribution in [1.82, 2.24) is 14.7 Å². The van der Waals surface area contributed by atoms with Gasteiger partial charge < -0.3 is 14.7 Å². The van der Waals surface area contributed by atoms with Gasteiger partial charge in [0.05, 0.1) is 23.9 Å². The van der Waals surface area contributed by atoms with E-state index < -0.39 is 0 Å². The number of nitrogens with zero attached hydrogens (tertiary/aromatic N) is 3. The SMILES string of the molecule is CO[C@@]12CC[C@H](O)C[C@@H]1N(C(=O)CCc1cnn(C)c1)CC2. The highest BCUT2D eigenvalue weighted by atomic mass is 16.5. The van der Waals surface area contributed by atoms with Gasteiger partial charge in [0.15, 0.2) is 0 Å². The lowest BCUT2D eigenvalue weighted by molar-refractivity contribution is -0.139. The van der Waals surface area contributed by atoms with E-state index in [0.29, 0.717) is 19.3 Å². The van der Waals surface area contributed by atoms with Crippen LogP contribution >= 0.6 is 0 Å². The molecule has 1 saturated carbocycles. The highest BCUT2D eigenvalue weighted by Crippen LogP contribution is 2.42. The fraction of sp³-hybridized carbons (Fsp3) is 0.750. The minimum Gasteiger partial charge on any atom is -0.393 e. The van der Waals surface area contributed by atoms with Gasteiger partial charge in [-0.15, -0.1) is 0 Å². The Morgan fingerprint density at radius 3 is 3.05 bits per heavy atom. The first-order chi connectivity index (χ1) is 10.5. The standard InChI is InChI=1S/C16H25N3O3/c1-18-11-12(10-17-18)3-4-15(21)19-8-7-16(22-2)6-5-13(20)9-14(16)19/h10-11,13-14,20H,3-9H2,1-2H3/t13-,14-,16+/m0/s1. The van der Waals surface area contributed by atoms with E-state index in [2.05, 4.69) is 5.10 Å². The van der Waals surface area contributed by atoms with Gasteiger partial charge in [0.25, 0.3) is 0 Å². The number of likely N-dealkylation sites (tertiary alicyclic amines) is 1. The fourth-order valence-corrected chi connectivity index (χ4v) is 3.97. The Morgan fingerprint density at radius 2 is 2.36 bits per heavy atom. The highest BCUT2D eigenvalue weighted by molar-refractivity contribution is 5.77. The Morgan fingerprint density at radius 1 is 1.55 bits per heavy atom. The maximum atomic E-state index is 12.6. The molecule has 1 aliphatic carbocycles. The summed E-state index contributed by atoms with van der Waals surface area (Å²) in [6.07, 6.45) is 7.73. The van der Waals surface area contributed by atoms with Crippen LogP contribution in [0.15, 0.2) is 12.4 Å². The topological polar surface area (TPSA) is 67.6 Å². The van der Waals surface area contributed by atoms with Crippen LogP contribution in [0.3, 0.4) is 0 Å². The summed E-state index contributed by atoms with van der Waals surface area (Å²) >= 11 is 0. The van der Waals surface area contributed by atoms with Gasteiger partial charge in [0, 0.05) is 33.3 Å². The Labute approximate surface area is 131 Å². The van der Waals surface area contributed by atoms with E-state index >= 15 is 0 Å². The predicted molar refractivity (Wildman–Crippen MR) is 81.2 cm³/mol. The zero-order valence-electron chi connectivity index (χ0n) is 13.4. The number of fused-ring (bicyclic) bond motifs is 1. The molecule has 2 fully saturated rings. The van der Waals surface area contributed by atoms with Gasteiger partial charge in [-0.2, -0.15) is 5.10 Å². The number of methoxy groups -OCH3 is 1. The molecule has 0 unspecified atom stereocenters. The molecule has 6 nitrogen and oxygen atoms in total. The third-order valence-electron chi connectivity index (χ3n) is 5.27. The van der Waals surface area contributed by atoms with Gasteiger partial charge in [-0.1, -0.05) is 0 Å². The van der Waals surface area contributed by atoms with Crippen molar-refractivity contribution in [2.75, 3.05) is 13.7 Å². The molecular formula is C16H25N3O3. The van der Waals surface area contributed by atoms with Crippen molar-refractivity contribution in [3.05, 3.63) is 18.0 Å². The second kappa shape index (κ2) is 6.01. The van der Waals surface area contributed by atoms with Crippen molar-refractivity contribution in [1.29, 1.82) is 0 Å². The molecule has 122 valence electrons. The molecule has 3 rings (SSSR count). The number of rotatable bonds is 4. The number of amides is 1. The van der Waals surface area contributed by atoms with Crippen LogP contribution < -0.4 is 0 Å². The van der Waals surface area contributed by atoms with Gasteiger partial charge in [0.1, 0.15) is 0 Å². The van der Waals surface area contributed by atoms with E-state index in [-0.39, 0.29) is 23.7 Å². The maximum Gasteiger partial charge on any atom is 0.223 e. The average Bonchev–Trinajstić information content (AvgIpc) is 3.09. The van der Waals surface area contributed by atoms with Crippen LogP contribution in [0.25, 0.3) is 0 Å². The summed E-state index contributed by atoms with van der Waals surface area (Å²) in [5, 5.41) is 14.1. The molecule has 0 radical (unpaired) electrons. The number of hydrogen-bond acceptors (Lipinski definition) is 4. The minimum absolute atomic E-state index is 0.0163. The molecule has 0 bridgehead atoms. The highest BCUT2D eigenvalue weighted by Gasteiger charge is 2.52. The number of hydrogen-bond donors (Lipinski definition) is 1. The second-order valence-corrected chi connectivity index (χ2v) is 6.57. The Kier molecular flexibility index (Phi) is 4.23. The summed E-state index contributed by atoms with van der Waals surface area (Å²) < 4.78 is 7.53. The lowest BCUT2D eigenvalue weighted by Crippen LogP contribution is -2.52. The molecule has 1 aromatic rings. The van der Waals surface area contributed by atoms with Crippen molar-refractivity contribution < 1.29 is 14.6 Å². The molecule has 1 amide bonds. The predicted octanol–water partition coefficient (Wildman–Crippen LogP) is 0.884. The molecule has 1 N–H and O–H groups in total. The normalized spacial score (nSPS) is 31.3. The number of ether oxygens (including phenoxy) is 1. The van der Waals surface area contributed by atoms with Crippen LogP contribution in [-0.2, 0) is 23.0 Å². The van der Waals surface area contributed by atoms with Crippen molar-refractivity contribution in [3.8, 4) is 0 Å². The van der Waals surface area contributed by atoms with E-state index in [9.17, 15) is 9.90 Å². The lowest BCUT2D eigenvalue weighted by atomic mass is 9.79. The van der Waals surface area contributed by atoms with E-state index in [0.717, 1.165) is 31.4 Å². The van der Waals surface area contributed by atoms with Crippen molar-refractivity contribution in [2.45, 2.75) is 56.3 Å². The summed E-state index contributed by atoms with van der Waals surface area (Å²) in [5.41, 5.74) is 0.833. The van der Waals surface area contributed by atoms with Crippen LogP contribution in [0.2, 0.25) is 0 Å². The molecule has 6 heteroatoms. The number of carbonyl (C=O) groups excluding carboxylic acids is 1. The molecule has 1 aliphatic heterocycles. The molecule has 2 aliphatic rings. The number of aliphatic hydroxyl groups is 1. The smallest absolute Gasteiger partial charge is 0.223 e. The Hall–Kier alpha value is -1.40. The van der Waals surface area contributed by atoms with E-state index in [4.69, 9.17) is 4.74 Å². The number of aryl methyl sites for hydroxylation is 2. The van der Waals surface area contributed by atoms with Crippen LogP contribution in [0, 0.1) is 0 Å². The van der Waals surface area contributed by atoms with E-state index in [1.54, 1.807) is 18.0 Å². The van der Waals surface area contributed by atoms with Crippen LogP contribution in [0.4, 0.5) is 0 Å². The lowest BCUT2D eigenvalue weighted by Gasteiger charge is -2.42. The Bertz CT molecular complexity index is 544. The summed E-state index contributed by atoms with van der Waals surface area (Å²) in [7, 11) is 3.61. The van der Waals surface area contributed by atoms with Gasteiger partial charge in [0.2, 0.25) is 5.91 Å². The molecule has 1 aromatic heterocycles. The van der Waals surface area contributed by atoms with Crippen molar-refractivity contribution in [3.63, 3.8) is 0 Å². The summed E-state index contributed by atoms with van der Waals surface area (Å²) in [5.74, 6) is 0.155. The fourth-order valence-electron chi connectivity index (χ4n) is 3.97. The molecular weight excluding hydrogens is 282 g/mol. The third kappa shape index (κ3) is 2.77. The molecule has 0 aromatic carbocycles. The summed E-state index contributed by atoms with van der Waals surface area (Å²) in [6, 6.07) is 0.0163. The van der Waals surface area contributed by atoms with E-state index in [1.807, 2.05) is 18.1 Å². The average molecular weight is 307 g/mol. The number of carbonyl (C=O) groups is 1. The minimum atomic E-state index is -0.319. The van der Waals surface area contributed by atoms with Gasteiger partial charge >= 0.3 is 0 Å². The van der Waals surface area contributed by atoms with E-state index in [1.165, 1.54) is 0 Å². The molecule has 1 saturated heterocycles. The number of aliphatic hydroxyl groups excluding tert-OH is 1. The molecule has 3 atom stereocenters. The zero-order chi connectivity index (χ0) is 15.7. The van der Waals surface area contributed by atoms with Gasteiger partial charge in [-0.3, -0.25) is 9.48 Å². The van der Waals surface area contributed by atoms with Crippen molar-refractivity contribution >= 4 is 5.91 Å². The van der Waals surface area contributed by atoms with Crippen LogP contribution in [0.5, 0.6) is 0 Å². The zero-order valence-corrected chi connectivity index (χ0v) is 13.4. The first kappa shape index (κ1) is 15.5. The maximum absolute atomic E-state index is 12.6. The van der Waals surface area contributed by atoms with Gasteiger partial charge in [-0.25, -0.2) is 0 Å². The third-order valence-corrected chi connectivity index (χ3v) is 5.27. The van der Waals surface area contributed by atoms with Crippen LogP contribution in [0.1, 0.15) is 37.7 Å². The monoisotopic (exact) mass is 307 g/mol. The van der Waals surface area contributed by atoms with Crippen LogP contribution in [-0.4, -0.2) is 57.1 Å². The first-order valence-corrected chi connectivity index (χ1v) is 8.04. The van der Waals surface area contributed by atoms with Crippen molar-refractivity contribution in [2.24, 2.45) is 7.05 Å². The Balaban J connectivity index is 1.64. The molecule has 2 heterocycles. The molecule has 22 heavy (non-hydrogen) atoms. The number of aromatic nitrogens is 2. The largest absolute Gasteiger partial charge is 0.393 e. The summed E-state index contributed by atoms with van der Waals surface area (Å²) in [6.45, 7) is 0.733. The summed E-state index contributed by atoms with van der Waals surface area (Å²) in [4.78, 5) is 14.5. The first-order valence-electron chi connectivity index (χ1n) is 8.04.